The van der Waals surface area contributed by atoms with Gasteiger partial charge in [0.25, 0.3) is 0 Å². The average Bonchev–Trinajstić information content (AvgIpc) is 2.84. The van der Waals surface area contributed by atoms with Gasteiger partial charge >= 0.3 is 5.97 Å². The Hall–Kier alpha value is -2.11. The summed E-state index contributed by atoms with van der Waals surface area (Å²) in [5, 5.41) is 9.24. The molecule has 0 atom stereocenters. The van der Waals surface area contributed by atoms with Crippen LogP contribution in [0.15, 0.2) is 36.6 Å². The second-order valence-electron chi connectivity index (χ2n) is 4.00. The van der Waals surface area contributed by atoms with Gasteiger partial charge in [0.05, 0.1) is 23.9 Å². The molecule has 0 amide bonds. The van der Waals surface area contributed by atoms with E-state index in [-0.39, 0.29) is 10.0 Å². The Morgan fingerprint density at radius 3 is 2.67 bits per heavy atom. The highest BCUT2D eigenvalue weighted by molar-refractivity contribution is 7.17. The summed E-state index contributed by atoms with van der Waals surface area (Å²) >= 11 is 7.01. The maximum Gasteiger partial charge on any atom is 0.340 e. The summed E-state index contributed by atoms with van der Waals surface area (Å²) in [6.45, 7) is 0. The van der Waals surface area contributed by atoms with E-state index in [4.69, 9.17) is 16.3 Å². The molecule has 1 N–H and O–H groups in total. The van der Waals surface area contributed by atoms with Crippen LogP contribution in [0.3, 0.4) is 0 Å². The standard InChI is InChI=1S/C15H12ClNO3S/c1-20-9-11(14(18)19)13-12(17-15(16)21-13)8-7-10-5-3-2-4-6-10/h2-9H,1H3,(H,18,19)/b8-7+,11-9-. The molecule has 0 aliphatic heterocycles. The maximum absolute atomic E-state index is 11.3. The highest BCUT2D eigenvalue weighted by atomic mass is 35.5. The summed E-state index contributed by atoms with van der Waals surface area (Å²) in [5.74, 6) is -1.09. The van der Waals surface area contributed by atoms with Crippen molar-refractivity contribution >= 4 is 46.6 Å². The Labute approximate surface area is 131 Å². The summed E-state index contributed by atoms with van der Waals surface area (Å²) in [6, 6.07) is 9.64. The van der Waals surface area contributed by atoms with E-state index >= 15 is 0 Å². The Morgan fingerprint density at radius 1 is 1.33 bits per heavy atom. The van der Waals surface area contributed by atoms with Crippen LogP contribution >= 0.6 is 22.9 Å². The number of aliphatic carboxylic acids is 1. The second kappa shape index (κ2) is 7.06. The summed E-state index contributed by atoms with van der Waals surface area (Å²) < 4.78 is 5.09. The number of ether oxygens (including phenoxy) is 1. The van der Waals surface area contributed by atoms with Gasteiger partial charge in [-0.15, -0.1) is 11.3 Å². The molecule has 0 fully saturated rings. The zero-order valence-electron chi connectivity index (χ0n) is 11.1. The molecular weight excluding hydrogens is 310 g/mol. The smallest absolute Gasteiger partial charge is 0.340 e. The first-order valence-electron chi connectivity index (χ1n) is 5.98. The third-order valence-corrected chi connectivity index (χ3v) is 3.78. The van der Waals surface area contributed by atoms with Crippen LogP contribution in [-0.4, -0.2) is 23.2 Å². The highest BCUT2D eigenvalue weighted by Crippen LogP contribution is 2.31. The van der Waals surface area contributed by atoms with Crippen LogP contribution in [0.5, 0.6) is 0 Å². The molecular formula is C15H12ClNO3S. The van der Waals surface area contributed by atoms with E-state index in [1.165, 1.54) is 13.4 Å². The number of hydrogen-bond donors (Lipinski definition) is 1. The van der Waals surface area contributed by atoms with Crippen molar-refractivity contribution in [2.75, 3.05) is 7.11 Å². The molecule has 2 aromatic rings. The number of nitrogens with zero attached hydrogens (tertiary/aromatic N) is 1. The fraction of sp³-hybridized carbons (Fsp3) is 0.0667. The number of aromatic nitrogens is 1. The van der Waals surface area contributed by atoms with Gasteiger partial charge in [0.15, 0.2) is 4.47 Å². The van der Waals surface area contributed by atoms with Crippen LogP contribution in [0.2, 0.25) is 4.47 Å². The highest BCUT2D eigenvalue weighted by Gasteiger charge is 2.18. The van der Waals surface area contributed by atoms with Crippen LogP contribution in [0.25, 0.3) is 17.7 Å². The largest absolute Gasteiger partial charge is 0.503 e. The summed E-state index contributed by atoms with van der Waals surface area (Å²) in [7, 11) is 1.39. The van der Waals surface area contributed by atoms with Crippen molar-refractivity contribution in [3.8, 4) is 0 Å². The molecule has 1 aromatic heterocycles. The monoisotopic (exact) mass is 321 g/mol. The van der Waals surface area contributed by atoms with Gasteiger partial charge in [0.2, 0.25) is 0 Å². The van der Waals surface area contributed by atoms with Gasteiger partial charge in [0.1, 0.15) is 5.57 Å². The van der Waals surface area contributed by atoms with Crippen molar-refractivity contribution in [2.24, 2.45) is 0 Å². The van der Waals surface area contributed by atoms with Gasteiger partial charge in [-0.05, 0) is 11.6 Å². The minimum absolute atomic E-state index is 0.0228. The molecule has 1 aromatic carbocycles. The van der Waals surface area contributed by atoms with E-state index in [2.05, 4.69) is 4.98 Å². The van der Waals surface area contributed by atoms with Gasteiger partial charge in [-0.1, -0.05) is 48.0 Å². The number of carboxylic acid groups (broad SMARTS) is 1. The predicted octanol–water partition coefficient (Wildman–Crippen LogP) is 4.04. The number of benzene rings is 1. The zero-order valence-corrected chi connectivity index (χ0v) is 12.7. The Morgan fingerprint density at radius 2 is 2.05 bits per heavy atom. The van der Waals surface area contributed by atoms with Crippen LogP contribution in [-0.2, 0) is 9.53 Å². The van der Waals surface area contributed by atoms with E-state index < -0.39 is 5.97 Å². The number of thiazole rings is 1. The van der Waals surface area contributed by atoms with Crippen LogP contribution < -0.4 is 0 Å². The normalized spacial score (nSPS) is 11.8. The first kappa shape index (κ1) is 15.3. The number of methoxy groups -OCH3 is 1. The molecule has 1 heterocycles. The third-order valence-electron chi connectivity index (χ3n) is 2.57. The number of hydrogen-bond acceptors (Lipinski definition) is 4. The SMILES string of the molecule is CO/C=C(\C(=O)O)c1sc(Cl)nc1/C=C/c1ccccc1. The maximum atomic E-state index is 11.3. The first-order chi connectivity index (χ1) is 10.1. The van der Waals surface area contributed by atoms with Crippen LogP contribution in [0.4, 0.5) is 0 Å². The minimum atomic E-state index is -1.09. The number of carboxylic acids is 1. The van der Waals surface area contributed by atoms with Gasteiger partial charge < -0.3 is 9.84 Å². The quantitative estimate of drug-likeness (QED) is 0.667. The molecule has 0 unspecified atom stereocenters. The lowest BCUT2D eigenvalue weighted by molar-refractivity contribution is -0.130. The first-order valence-corrected chi connectivity index (χ1v) is 7.17. The molecule has 0 radical (unpaired) electrons. The Balaban J connectivity index is 2.39. The van der Waals surface area contributed by atoms with E-state index in [1.54, 1.807) is 6.08 Å². The summed E-state index contributed by atoms with van der Waals surface area (Å²) in [6.07, 6.45) is 4.76. The summed E-state index contributed by atoms with van der Waals surface area (Å²) in [5.41, 5.74) is 1.51. The number of halogens is 1. The topological polar surface area (TPSA) is 59.4 Å². The van der Waals surface area contributed by atoms with E-state index in [9.17, 15) is 9.90 Å². The molecule has 21 heavy (non-hydrogen) atoms. The lowest BCUT2D eigenvalue weighted by Crippen LogP contribution is -2.00. The molecule has 4 nitrogen and oxygen atoms in total. The van der Waals surface area contributed by atoms with Crippen molar-refractivity contribution in [3.05, 3.63) is 57.2 Å². The second-order valence-corrected chi connectivity index (χ2v) is 5.58. The fourth-order valence-electron chi connectivity index (χ4n) is 1.67. The fourth-order valence-corrected chi connectivity index (χ4v) is 2.77. The minimum Gasteiger partial charge on any atom is -0.503 e. The van der Waals surface area contributed by atoms with Gasteiger partial charge in [-0.2, -0.15) is 0 Å². The van der Waals surface area contributed by atoms with Gasteiger partial charge in [-0.3, -0.25) is 0 Å². The molecule has 0 saturated heterocycles. The average molecular weight is 322 g/mol. The van der Waals surface area contributed by atoms with Gasteiger partial charge in [0, 0.05) is 0 Å². The molecule has 108 valence electrons. The molecule has 0 saturated carbocycles. The molecule has 0 bridgehead atoms. The Kier molecular flexibility index (Phi) is 5.14. The lowest BCUT2D eigenvalue weighted by atomic mass is 10.1. The van der Waals surface area contributed by atoms with E-state index in [0.29, 0.717) is 10.6 Å². The molecule has 2 rings (SSSR count). The molecule has 0 aliphatic carbocycles. The van der Waals surface area contributed by atoms with E-state index in [1.807, 2.05) is 36.4 Å². The number of rotatable bonds is 5. The summed E-state index contributed by atoms with van der Waals surface area (Å²) in [4.78, 5) is 15.9. The third kappa shape index (κ3) is 3.93. The van der Waals surface area contributed by atoms with Crippen molar-refractivity contribution in [2.45, 2.75) is 0 Å². The van der Waals surface area contributed by atoms with Crippen molar-refractivity contribution < 1.29 is 14.6 Å². The van der Waals surface area contributed by atoms with Gasteiger partial charge in [-0.25, -0.2) is 9.78 Å². The molecule has 0 spiro atoms. The van der Waals surface area contributed by atoms with E-state index in [0.717, 1.165) is 16.9 Å². The molecule has 0 aliphatic rings. The lowest BCUT2D eigenvalue weighted by Gasteiger charge is -2.00. The molecule has 6 heteroatoms. The van der Waals surface area contributed by atoms with Crippen molar-refractivity contribution in [1.82, 2.24) is 4.98 Å². The Bertz CT molecular complexity index is 692. The zero-order chi connectivity index (χ0) is 15.2. The van der Waals surface area contributed by atoms with Crippen molar-refractivity contribution in [3.63, 3.8) is 0 Å². The van der Waals surface area contributed by atoms with Crippen LogP contribution in [0.1, 0.15) is 16.1 Å². The number of carbonyl (C=O) groups is 1. The predicted molar refractivity (Wildman–Crippen MR) is 85.1 cm³/mol. The van der Waals surface area contributed by atoms with Crippen molar-refractivity contribution in [1.29, 1.82) is 0 Å². The van der Waals surface area contributed by atoms with Crippen LogP contribution in [0, 0.1) is 0 Å².